The van der Waals surface area contributed by atoms with Gasteiger partial charge in [0.1, 0.15) is 12.4 Å². The SMILES string of the molecule is CCNC(COc1cccc(Cl)c1)c1cc(C)ccc1C. The van der Waals surface area contributed by atoms with Crippen LogP contribution in [0.3, 0.4) is 0 Å². The summed E-state index contributed by atoms with van der Waals surface area (Å²) in [6.07, 6.45) is 0. The smallest absolute Gasteiger partial charge is 0.120 e. The van der Waals surface area contributed by atoms with Gasteiger partial charge in [-0.3, -0.25) is 0 Å². The quantitative estimate of drug-likeness (QED) is 0.836. The molecule has 2 rings (SSSR count). The van der Waals surface area contributed by atoms with Gasteiger partial charge in [-0.25, -0.2) is 0 Å². The lowest BCUT2D eigenvalue weighted by atomic mass is 9.99. The second-order valence-corrected chi connectivity index (χ2v) is 5.68. The average Bonchev–Trinajstić information content (AvgIpc) is 2.46. The van der Waals surface area contributed by atoms with E-state index in [-0.39, 0.29) is 6.04 Å². The van der Waals surface area contributed by atoms with E-state index < -0.39 is 0 Å². The first-order valence-electron chi connectivity index (χ1n) is 7.29. The Hall–Kier alpha value is -1.51. The highest BCUT2D eigenvalue weighted by Crippen LogP contribution is 2.22. The standard InChI is InChI=1S/C18H22ClNO/c1-4-20-18(17-10-13(2)8-9-14(17)3)12-21-16-7-5-6-15(19)11-16/h5-11,18,20H,4,12H2,1-3H3. The van der Waals surface area contributed by atoms with Crippen LogP contribution in [0.1, 0.15) is 29.7 Å². The molecule has 2 nitrogen and oxygen atoms in total. The van der Waals surface area contributed by atoms with Gasteiger partial charge in [0.2, 0.25) is 0 Å². The fraction of sp³-hybridized carbons (Fsp3) is 0.333. The van der Waals surface area contributed by atoms with E-state index in [0.717, 1.165) is 12.3 Å². The second kappa shape index (κ2) is 7.48. The van der Waals surface area contributed by atoms with Gasteiger partial charge >= 0.3 is 0 Å². The van der Waals surface area contributed by atoms with E-state index in [9.17, 15) is 0 Å². The Balaban J connectivity index is 2.13. The van der Waals surface area contributed by atoms with Crippen molar-refractivity contribution in [1.29, 1.82) is 0 Å². The van der Waals surface area contributed by atoms with Crippen molar-refractivity contribution in [3.63, 3.8) is 0 Å². The van der Waals surface area contributed by atoms with E-state index in [4.69, 9.17) is 16.3 Å². The third-order valence-corrected chi connectivity index (χ3v) is 3.71. The summed E-state index contributed by atoms with van der Waals surface area (Å²) in [5.74, 6) is 0.802. The summed E-state index contributed by atoms with van der Waals surface area (Å²) in [5, 5.41) is 4.19. The number of rotatable bonds is 6. The maximum atomic E-state index is 5.99. The van der Waals surface area contributed by atoms with E-state index >= 15 is 0 Å². The van der Waals surface area contributed by atoms with Gasteiger partial charge in [0.25, 0.3) is 0 Å². The first kappa shape index (κ1) is 15.9. The van der Waals surface area contributed by atoms with E-state index in [2.05, 4.69) is 44.3 Å². The van der Waals surface area contributed by atoms with Crippen molar-refractivity contribution in [2.24, 2.45) is 0 Å². The second-order valence-electron chi connectivity index (χ2n) is 5.24. The molecule has 0 aliphatic heterocycles. The zero-order valence-electron chi connectivity index (χ0n) is 12.8. The maximum Gasteiger partial charge on any atom is 0.120 e. The molecule has 3 heteroatoms. The number of nitrogens with one attached hydrogen (secondary N) is 1. The molecule has 0 aliphatic rings. The number of benzene rings is 2. The van der Waals surface area contributed by atoms with Crippen LogP contribution in [-0.2, 0) is 0 Å². The van der Waals surface area contributed by atoms with Gasteiger partial charge in [0, 0.05) is 5.02 Å². The molecule has 0 saturated carbocycles. The Morgan fingerprint density at radius 1 is 1.14 bits per heavy atom. The Morgan fingerprint density at radius 2 is 1.95 bits per heavy atom. The normalized spacial score (nSPS) is 12.2. The van der Waals surface area contributed by atoms with Gasteiger partial charge in [-0.15, -0.1) is 0 Å². The van der Waals surface area contributed by atoms with E-state index in [1.807, 2.05) is 24.3 Å². The number of hydrogen-bond acceptors (Lipinski definition) is 2. The molecular weight excluding hydrogens is 282 g/mol. The summed E-state index contributed by atoms with van der Waals surface area (Å²) >= 11 is 5.99. The van der Waals surface area contributed by atoms with Crippen LogP contribution in [0.2, 0.25) is 5.02 Å². The van der Waals surface area contributed by atoms with E-state index in [0.29, 0.717) is 11.6 Å². The van der Waals surface area contributed by atoms with Crippen LogP contribution in [-0.4, -0.2) is 13.2 Å². The molecule has 0 heterocycles. The number of aryl methyl sites for hydroxylation is 2. The van der Waals surface area contributed by atoms with Crippen molar-refractivity contribution in [3.05, 3.63) is 64.2 Å². The first-order valence-corrected chi connectivity index (χ1v) is 7.67. The summed E-state index contributed by atoms with van der Waals surface area (Å²) in [4.78, 5) is 0. The molecule has 0 aromatic heterocycles. The van der Waals surface area contributed by atoms with Crippen molar-refractivity contribution in [3.8, 4) is 5.75 Å². The fourth-order valence-corrected chi connectivity index (χ4v) is 2.56. The van der Waals surface area contributed by atoms with Crippen LogP contribution in [0.5, 0.6) is 5.75 Å². The van der Waals surface area contributed by atoms with E-state index in [1.165, 1.54) is 16.7 Å². The summed E-state index contributed by atoms with van der Waals surface area (Å²) in [7, 11) is 0. The number of likely N-dealkylation sites (N-methyl/N-ethyl adjacent to an activating group) is 1. The van der Waals surface area contributed by atoms with Crippen LogP contribution in [0, 0.1) is 13.8 Å². The molecule has 1 unspecified atom stereocenters. The zero-order valence-corrected chi connectivity index (χ0v) is 13.6. The van der Waals surface area contributed by atoms with Gasteiger partial charge < -0.3 is 10.1 Å². The molecule has 0 bridgehead atoms. The molecule has 0 fully saturated rings. The molecule has 0 spiro atoms. The summed E-state index contributed by atoms with van der Waals surface area (Å²) in [5.41, 5.74) is 3.83. The molecule has 1 atom stereocenters. The highest BCUT2D eigenvalue weighted by Gasteiger charge is 2.14. The van der Waals surface area contributed by atoms with Crippen LogP contribution in [0.4, 0.5) is 0 Å². The number of halogens is 1. The Bertz CT molecular complexity index is 598. The minimum Gasteiger partial charge on any atom is -0.492 e. The number of ether oxygens (including phenoxy) is 1. The van der Waals surface area contributed by atoms with Gasteiger partial charge in [0.05, 0.1) is 6.04 Å². The molecule has 0 saturated heterocycles. The molecule has 0 radical (unpaired) electrons. The Labute approximate surface area is 132 Å². The fourth-order valence-electron chi connectivity index (χ4n) is 2.38. The topological polar surface area (TPSA) is 21.3 Å². The molecule has 2 aromatic carbocycles. The highest BCUT2D eigenvalue weighted by atomic mass is 35.5. The predicted molar refractivity (Wildman–Crippen MR) is 89.3 cm³/mol. The van der Waals surface area contributed by atoms with Gasteiger partial charge in [-0.1, -0.05) is 48.4 Å². The summed E-state index contributed by atoms with van der Waals surface area (Å²) < 4.78 is 5.90. The third-order valence-electron chi connectivity index (χ3n) is 3.47. The Morgan fingerprint density at radius 3 is 2.67 bits per heavy atom. The van der Waals surface area contributed by atoms with Gasteiger partial charge in [-0.05, 0) is 49.7 Å². The van der Waals surface area contributed by atoms with Crippen molar-refractivity contribution < 1.29 is 4.74 Å². The van der Waals surface area contributed by atoms with Crippen LogP contribution in [0.15, 0.2) is 42.5 Å². The predicted octanol–water partition coefficient (Wildman–Crippen LogP) is 4.69. The van der Waals surface area contributed by atoms with Gasteiger partial charge in [0.15, 0.2) is 0 Å². The maximum absolute atomic E-state index is 5.99. The minimum atomic E-state index is 0.175. The zero-order chi connectivity index (χ0) is 15.2. The lowest BCUT2D eigenvalue weighted by Gasteiger charge is -2.21. The monoisotopic (exact) mass is 303 g/mol. The van der Waals surface area contributed by atoms with Crippen LogP contribution >= 0.6 is 11.6 Å². The van der Waals surface area contributed by atoms with Crippen molar-refractivity contribution >= 4 is 11.6 Å². The summed E-state index contributed by atoms with van der Waals surface area (Å²) in [6.45, 7) is 7.84. The molecule has 1 N–H and O–H groups in total. The minimum absolute atomic E-state index is 0.175. The average molecular weight is 304 g/mol. The van der Waals surface area contributed by atoms with Crippen LogP contribution in [0.25, 0.3) is 0 Å². The lowest BCUT2D eigenvalue weighted by molar-refractivity contribution is 0.267. The Kier molecular flexibility index (Phi) is 5.66. The first-order chi connectivity index (χ1) is 10.1. The molecule has 2 aromatic rings. The molecular formula is C18H22ClNO. The van der Waals surface area contributed by atoms with Crippen molar-refractivity contribution in [2.45, 2.75) is 26.8 Å². The molecule has 21 heavy (non-hydrogen) atoms. The van der Waals surface area contributed by atoms with Crippen molar-refractivity contribution in [2.75, 3.05) is 13.2 Å². The van der Waals surface area contributed by atoms with Crippen molar-refractivity contribution in [1.82, 2.24) is 5.32 Å². The molecule has 0 aliphatic carbocycles. The molecule has 0 amide bonds. The number of hydrogen-bond donors (Lipinski definition) is 1. The molecule has 112 valence electrons. The van der Waals surface area contributed by atoms with Gasteiger partial charge in [-0.2, -0.15) is 0 Å². The third kappa shape index (κ3) is 4.48. The summed E-state index contributed by atoms with van der Waals surface area (Å²) in [6, 6.07) is 14.2. The van der Waals surface area contributed by atoms with Crippen LogP contribution < -0.4 is 10.1 Å². The van der Waals surface area contributed by atoms with E-state index in [1.54, 1.807) is 0 Å². The largest absolute Gasteiger partial charge is 0.492 e. The lowest BCUT2D eigenvalue weighted by Crippen LogP contribution is -2.27. The highest BCUT2D eigenvalue weighted by molar-refractivity contribution is 6.30.